The molecule has 1 aromatic carbocycles. The Bertz CT molecular complexity index is 544. The smallest absolute Gasteiger partial charge is 0.123 e. The van der Waals surface area contributed by atoms with E-state index in [-0.39, 0.29) is 12.2 Å². The standard InChI is InChI=1S/C13H9FN2/c14-12-3-1-2-10(8-12)11-5-7-16-13(9-11)4-6-15/h1-3,5,7-9H,4H2. The van der Waals surface area contributed by atoms with E-state index in [1.165, 1.54) is 12.1 Å². The molecule has 16 heavy (non-hydrogen) atoms. The predicted octanol–water partition coefficient (Wildman–Crippen LogP) is 2.95. The first-order valence-electron chi connectivity index (χ1n) is 4.87. The van der Waals surface area contributed by atoms with Crippen LogP contribution in [0.1, 0.15) is 5.69 Å². The molecule has 0 radical (unpaired) electrons. The molecule has 0 aliphatic carbocycles. The summed E-state index contributed by atoms with van der Waals surface area (Å²) in [4.78, 5) is 4.06. The van der Waals surface area contributed by atoms with Crippen molar-refractivity contribution in [3.8, 4) is 17.2 Å². The average Bonchev–Trinajstić information content (AvgIpc) is 2.30. The Kier molecular flexibility index (Phi) is 2.93. The predicted molar refractivity (Wildman–Crippen MR) is 58.9 cm³/mol. The van der Waals surface area contributed by atoms with Crippen LogP contribution < -0.4 is 0 Å². The number of halogens is 1. The van der Waals surface area contributed by atoms with Crippen LogP contribution in [0.25, 0.3) is 11.1 Å². The van der Waals surface area contributed by atoms with Gasteiger partial charge in [0.1, 0.15) is 5.82 Å². The molecular formula is C13H9FN2. The average molecular weight is 212 g/mol. The van der Waals surface area contributed by atoms with Crippen molar-refractivity contribution in [2.75, 3.05) is 0 Å². The quantitative estimate of drug-likeness (QED) is 0.767. The maximum absolute atomic E-state index is 13.0. The second-order valence-corrected chi connectivity index (χ2v) is 3.38. The Labute approximate surface area is 93.0 Å². The summed E-state index contributed by atoms with van der Waals surface area (Å²) in [7, 11) is 0. The fourth-order valence-corrected chi connectivity index (χ4v) is 1.50. The molecule has 0 saturated carbocycles. The van der Waals surface area contributed by atoms with E-state index in [0.717, 1.165) is 11.1 Å². The molecule has 3 heteroatoms. The Morgan fingerprint density at radius 2 is 2.00 bits per heavy atom. The molecule has 1 heterocycles. The summed E-state index contributed by atoms with van der Waals surface area (Å²) >= 11 is 0. The largest absolute Gasteiger partial charge is 0.260 e. The molecule has 0 amide bonds. The van der Waals surface area contributed by atoms with Crippen molar-refractivity contribution in [1.29, 1.82) is 5.26 Å². The molecule has 78 valence electrons. The lowest BCUT2D eigenvalue weighted by Gasteiger charge is -2.02. The van der Waals surface area contributed by atoms with Gasteiger partial charge < -0.3 is 0 Å². The van der Waals surface area contributed by atoms with E-state index < -0.39 is 0 Å². The van der Waals surface area contributed by atoms with E-state index in [9.17, 15) is 4.39 Å². The van der Waals surface area contributed by atoms with Crippen LogP contribution >= 0.6 is 0 Å². The highest BCUT2D eigenvalue weighted by atomic mass is 19.1. The summed E-state index contributed by atoms with van der Waals surface area (Å²) in [6, 6.07) is 12.0. The van der Waals surface area contributed by atoms with E-state index in [0.29, 0.717) is 5.69 Å². The van der Waals surface area contributed by atoms with Gasteiger partial charge in [-0.2, -0.15) is 5.26 Å². The number of hydrogen-bond donors (Lipinski definition) is 0. The van der Waals surface area contributed by atoms with Crippen molar-refractivity contribution >= 4 is 0 Å². The number of aromatic nitrogens is 1. The van der Waals surface area contributed by atoms with E-state index in [1.807, 2.05) is 12.1 Å². The summed E-state index contributed by atoms with van der Waals surface area (Å²) in [6.45, 7) is 0. The highest BCUT2D eigenvalue weighted by molar-refractivity contribution is 5.63. The Balaban J connectivity index is 2.41. The van der Waals surface area contributed by atoms with Crippen LogP contribution in [0.3, 0.4) is 0 Å². The van der Waals surface area contributed by atoms with Gasteiger partial charge in [-0.15, -0.1) is 0 Å². The summed E-state index contributed by atoms with van der Waals surface area (Å²) in [5.41, 5.74) is 2.37. The van der Waals surface area contributed by atoms with E-state index in [4.69, 9.17) is 5.26 Å². The molecule has 0 N–H and O–H groups in total. The molecule has 2 nitrogen and oxygen atoms in total. The minimum absolute atomic E-state index is 0.267. The van der Waals surface area contributed by atoms with Crippen LogP contribution in [-0.2, 0) is 6.42 Å². The molecule has 0 saturated heterocycles. The van der Waals surface area contributed by atoms with Gasteiger partial charge in [0.05, 0.1) is 18.2 Å². The lowest BCUT2D eigenvalue weighted by molar-refractivity contribution is 0.628. The maximum Gasteiger partial charge on any atom is 0.123 e. The van der Waals surface area contributed by atoms with Gasteiger partial charge in [0.25, 0.3) is 0 Å². The van der Waals surface area contributed by atoms with Gasteiger partial charge in [-0.3, -0.25) is 4.98 Å². The molecule has 2 aromatic rings. The molecule has 1 aromatic heterocycles. The molecule has 0 fully saturated rings. The molecule has 0 atom stereocenters. The van der Waals surface area contributed by atoms with Crippen molar-refractivity contribution < 1.29 is 4.39 Å². The van der Waals surface area contributed by atoms with Gasteiger partial charge >= 0.3 is 0 Å². The van der Waals surface area contributed by atoms with Crippen LogP contribution in [-0.4, -0.2) is 4.98 Å². The topological polar surface area (TPSA) is 36.7 Å². The van der Waals surface area contributed by atoms with Crippen molar-refractivity contribution in [2.45, 2.75) is 6.42 Å². The molecule has 0 unspecified atom stereocenters. The first kappa shape index (κ1) is 10.3. The van der Waals surface area contributed by atoms with Gasteiger partial charge in [0, 0.05) is 6.20 Å². The SMILES string of the molecule is N#CCc1cc(-c2cccc(F)c2)ccn1. The summed E-state index contributed by atoms with van der Waals surface area (Å²) in [5, 5.41) is 8.58. The molecular weight excluding hydrogens is 203 g/mol. The maximum atomic E-state index is 13.0. The molecule has 0 bridgehead atoms. The highest BCUT2D eigenvalue weighted by Crippen LogP contribution is 2.20. The Morgan fingerprint density at radius 1 is 1.19 bits per heavy atom. The van der Waals surface area contributed by atoms with Crippen molar-refractivity contribution in [3.05, 3.63) is 54.1 Å². The van der Waals surface area contributed by atoms with Crippen LogP contribution in [0.15, 0.2) is 42.6 Å². The number of nitriles is 1. The van der Waals surface area contributed by atoms with Crippen molar-refractivity contribution in [2.24, 2.45) is 0 Å². The first-order valence-corrected chi connectivity index (χ1v) is 4.87. The third-order valence-corrected chi connectivity index (χ3v) is 2.23. The highest BCUT2D eigenvalue weighted by Gasteiger charge is 2.01. The van der Waals surface area contributed by atoms with E-state index >= 15 is 0 Å². The summed E-state index contributed by atoms with van der Waals surface area (Å²) in [5.74, 6) is -0.267. The van der Waals surface area contributed by atoms with Gasteiger partial charge in [0.15, 0.2) is 0 Å². The second-order valence-electron chi connectivity index (χ2n) is 3.38. The zero-order chi connectivity index (χ0) is 11.4. The van der Waals surface area contributed by atoms with Crippen LogP contribution in [0, 0.1) is 17.1 Å². The Hall–Kier alpha value is -2.21. The molecule has 0 aliphatic heterocycles. The number of rotatable bonds is 2. The van der Waals surface area contributed by atoms with Crippen LogP contribution in [0.2, 0.25) is 0 Å². The Morgan fingerprint density at radius 3 is 2.75 bits per heavy atom. The minimum atomic E-state index is -0.267. The van der Waals surface area contributed by atoms with E-state index in [2.05, 4.69) is 4.98 Å². The van der Waals surface area contributed by atoms with Gasteiger partial charge in [-0.25, -0.2) is 4.39 Å². The molecule has 2 rings (SSSR count). The normalized spacial score (nSPS) is 9.75. The van der Waals surface area contributed by atoms with Gasteiger partial charge in [0.2, 0.25) is 0 Å². The number of hydrogen-bond acceptors (Lipinski definition) is 2. The van der Waals surface area contributed by atoms with Gasteiger partial charge in [-0.05, 0) is 35.4 Å². The van der Waals surface area contributed by atoms with Gasteiger partial charge in [-0.1, -0.05) is 12.1 Å². The lowest BCUT2D eigenvalue weighted by atomic mass is 10.1. The van der Waals surface area contributed by atoms with Crippen LogP contribution in [0.4, 0.5) is 4.39 Å². The first-order chi connectivity index (χ1) is 7.79. The molecule has 0 aliphatic rings. The number of benzene rings is 1. The zero-order valence-corrected chi connectivity index (χ0v) is 8.52. The molecule has 0 spiro atoms. The second kappa shape index (κ2) is 4.54. The van der Waals surface area contributed by atoms with Crippen LogP contribution in [0.5, 0.6) is 0 Å². The van der Waals surface area contributed by atoms with Crippen molar-refractivity contribution in [3.63, 3.8) is 0 Å². The summed E-state index contributed by atoms with van der Waals surface area (Å²) in [6.07, 6.45) is 1.90. The number of pyridine rings is 1. The fourth-order valence-electron chi connectivity index (χ4n) is 1.50. The summed E-state index contributed by atoms with van der Waals surface area (Å²) < 4.78 is 13.0. The monoisotopic (exact) mass is 212 g/mol. The van der Waals surface area contributed by atoms with Crippen molar-refractivity contribution in [1.82, 2.24) is 4.98 Å². The third kappa shape index (κ3) is 2.23. The zero-order valence-electron chi connectivity index (χ0n) is 8.52. The minimum Gasteiger partial charge on any atom is -0.260 e. The third-order valence-electron chi connectivity index (χ3n) is 2.23. The number of nitrogens with zero attached hydrogens (tertiary/aromatic N) is 2. The fraction of sp³-hybridized carbons (Fsp3) is 0.0769. The van der Waals surface area contributed by atoms with E-state index in [1.54, 1.807) is 24.4 Å². The lowest BCUT2D eigenvalue weighted by Crippen LogP contribution is -1.88.